The van der Waals surface area contributed by atoms with Crippen molar-refractivity contribution in [1.82, 2.24) is 14.9 Å². The van der Waals surface area contributed by atoms with Crippen LogP contribution in [0.15, 0.2) is 24.5 Å². The minimum absolute atomic E-state index is 0.0623. The van der Waals surface area contributed by atoms with E-state index in [1.165, 1.54) is 10.6 Å². The summed E-state index contributed by atoms with van der Waals surface area (Å²) in [5.74, 6) is 1.12. The lowest BCUT2D eigenvalue weighted by molar-refractivity contribution is -0.171. The maximum Gasteiger partial charge on any atom is 0.248 e. The highest BCUT2D eigenvalue weighted by atomic mass is 16.7. The molecule has 0 radical (unpaired) electrons. The van der Waals surface area contributed by atoms with Crippen LogP contribution in [0.1, 0.15) is 24.8 Å². The standard InChI is InChI=1S/C18H25N3O3/c22-18(21-6-2-8-24-21)9-17-16-4-7-20(12-15(16)13-23-17)11-14-3-1-5-19-10-14/h1,3,5,10,15-17H,2,4,6-9,11-13H2/t15-,16-,17+/m1/s1. The van der Waals surface area contributed by atoms with Crippen LogP contribution in [0.5, 0.6) is 0 Å². The lowest BCUT2D eigenvalue weighted by Gasteiger charge is -2.35. The van der Waals surface area contributed by atoms with Crippen LogP contribution in [0.25, 0.3) is 0 Å². The van der Waals surface area contributed by atoms with Crippen LogP contribution in [-0.4, -0.2) is 59.8 Å². The molecule has 0 unspecified atom stereocenters. The number of rotatable bonds is 4. The van der Waals surface area contributed by atoms with Crippen molar-refractivity contribution in [2.75, 3.05) is 32.8 Å². The van der Waals surface area contributed by atoms with Gasteiger partial charge in [0.1, 0.15) is 0 Å². The van der Waals surface area contributed by atoms with Crippen molar-refractivity contribution < 1.29 is 14.4 Å². The largest absolute Gasteiger partial charge is 0.377 e. The first-order valence-corrected chi connectivity index (χ1v) is 8.96. The Hall–Kier alpha value is -1.50. The zero-order chi connectivity index (χ0) is 16.4. The molecular formula is C18H25N3O3. The van der Waals surface area contributed by atoms with Gasteiger partial charge >= 0.3 is 0 Å². The second-order valence-corrected chi connectivity index (χ2v) is 7.07. The first-order valence-electron chi connectivity index (χ1n) is 8.96. The van der Waals surface area contributed by atoms with Crippen LogP contribution in [0.3, 0.4) is 0 Å². The lowest BCUT2D eigenvalue weighted by Crippen LogP contribution is -2.42. The maximum absolute atomic E-state index is 12.3. The van der Waals surface area contributed by atoms with E-state index < -0.39 is 0 Å². The van der Waals surface area contributed by atoms with E-state index in [9.17, 15) is 4.79 Å². The molecule has 6 heteroatoms. The minimum atomic E-state index is 0.0623. The van der Waals surface area contributed by atoms with Gasteiger partial charge in [0.05, 0.1) is 32.3 Å². The predicted molar refractivity (Wildman–Crippen MR) is 87.8 cm³/mol. The lowest BCUT2D eigenvalue weighted by atomic mass is 9.83. The first-order chi connectivity index (χ1) is 11.8. The molecule has 3 atom stereocenters. The molecule has 1 amide bonds. The number of carbonyl (C=O) groups excluding carboxylic acids is 1. The van der Waals surface area contributed by atoms with Crippen molar-refractivity contribution in [3.05, 3.63) is 30.1 Å². The molecule has 4 rings (SSSR count). The number of ether oxygens (including phenoxy) is 1. The number of aromatic nitrogens is 1. The molecule has 6 nitrogen and oxygen atoms in total. The Morgan fingerprint density at radius 1 is 1.38 bits per heavy atom. The number of fused-ring (bicyclic) bond motifs is 1. The minimum Gasteiger partial charge on any atom is -0.377 e. The van der Waals surface area contributed by atoms with E-state index in [1.54, 1.807) is 0 Å². The Morgan fingerprint density at radius 2 is 2.33 bits per heavy atom. The number of pyridine rings is 1. The Labute approximate surface area is 142 Å². The Balaban J connectivity index is 1.30. The van der Waals surface area contributed by atoms with Gasteiger partial charge in [-0.25, -0.2) is 5.06 Å². The molecule has 0 spiro atoms. The van der Waals surface area contributed by atoms with E-state index in [1.807, 2.05) is 18.5 Å². The van der Waals surface area contributed by atoms with Crippen molar-refractivity contribution in [2.45, 2.75) is 31.9 Å². The van der Waals surface area contributed by atoms with E-state index in [4.69, 9.17) is 9.57 Å². The fraction of sp³-hybridized carbons (Fsp3) is 0.667. The van der Waals surface area contributed by atoms with E-state index in [2.05, 4.69) is 16.0 Å². The molecule has 3 aliphatic rings. The van der Waals surface area contributed by atoms with Crippen molar-refractivity contribution in [2.24, 2.45) is 11.8 Å². The maximum atomic E-state index is 12.3. The second kappa shape index (κ2) is 7.17. The van der Waals surface area contributed by atoms with Gasteiger partial charge in [0.2, 0.25) is 5.91 Å². The van der Waals surface area contributed by atoms with Gasteiger partial charge in [-0.2, -0.15) is 0 Å². The third-order valence-corrected chi connectivity index (χ3v) is 5.41. The topological polar surface area (TPSA) is 54.9 Å². The smallest absolute Gasteiger partial charge is 0.248 e. The summed E-state index contributed by atoms with van der Waals surface area (Å²) in [6.45, 7) is 5.20. The quantitative estimate of drug-likeness (QED) is 0.836. The van der Waals surface area contributed by atoms with Crippen LogP contribution in [0.4, 0.5) is 0 Å². The van der Waals surface area contributed by atoms with Crippen molar-refractivity contribution in [3.8, 4) is 0 Å². The first kappa shape index (κ1) is 16.0. The van der Waals surface area contributed by atoms with E-state index >= 15 is 0 Å². The average molecular weight is 331 g/mol. The summed E-state index contributed by atoms with van der Waals surface area (Å²) in [6, 6.07) is 4.12. The molecule has 4 heterocycles. The summed E-state index contributed by atoms with van der Waals surface area (Å²) in [4.78, 5) is 24.3. The highest BCUT2D eigenvalue weighted by Crippen LogP contribution is 2.36. The number of hydroxylamine groups is 2. The van der Waals surface area contributed by atoms with Gasteiger partial charge < -0.3 is 4.74 Å². The molecule has 0 saturated carbocycles. The normalized spacial score (nSPS) is 30.5. The van der Waals surface area contributed by atoms with E-state index in [0.717, 1.165) is 45.6 Å². The monoisotopic (exact) mass is 331 g/mol. The van der Waals surface area contributed by atoms with Crippen LogP contribution < -0.4 is 0 Å². The Bertz CT molecular complexity index is 562. The number of carbonyl (C=O) groups is 1. The van der Waals surface area contributed by atoms with Crippen LogP contribution in [-0.2, 0) is 20.9 Å². The average Bonchev–Trinajstić information content (AvgIpc) is 3.26. The number of nitrogens with zero attached hydrogens (tertiary/aromatic N) is 3. The van der Waals surface area contributed by atoms with Crippen molar-refractivity contribution in [3.63, 3.8) is 0 Å². The molecule has 0 aromatic carbocycles. The van der Waals surface area contributed by atoms with Crippen molar-refractivity contribution in [1.29, 1.82) is 0 Å². The predicted octanol–water partition coefficient (Wildman–Crippen LogP) is 1.47. The van der Waals surface area contributed by atoms with Gasteiger partial charge in [0, 0.05) is 31.4 Å². The van der Waals surface area contributed by atoms with Gasteiger partial charge in [-0.05, 0) is 36.9 Å². The van der Waals surface area contributed by atoms with Crippen LogP contribution in [0, 0.1) is 11.8 Å². The SMILES string of the molecule is O=C(C[C@@H]1OC[C@H]2CN(Cc3cccnc3)CC[C@H]21)N1CCCO1. The molecule has 0 N–H and O–H groups in total. The molecule has 0 bridgehead atoms. The molecule has 0 aliphatic carbocycles. The fourth-order valence-electron chi connectivity index (χ4n) is 4.18. The number of piperidine rings is 1. The molecule has 3 saturated heterocycles. The van der Waals surface area contributed by atoms with Gasteiger partial charge in [0.25, 0.3) is 0 Å². The summed E-state index contributed by atoms with van der Waals surface area (Å²) < 4.78 is 5.99. The van der Waals surface area contributed by atoms with Gasteiger partial charge in [-0.3, -0.25) is 19.5 Å². The number of hydrogen-bond acceptors (Lipinski definition) is 5. The number of hydrogen-bond donors (Lipinski definition) is 0. The zero-order valence-electron chi connectivity index (χ0n) is 14.0. The van der Waals surface area contributed by atoms with Crippen LogP contribution >= 0.6 is 0 Å². The van der Waals surface area contributed by atoms with E-state index in [-0.39, 0.29) is 12.0 Å². The molecule has 3 fully saturated rings. The molecule has 1 aromatic heterocycles. The van der Waals surface area contributed by atoms with E-state index in [0.29, 0.717) is 24.9 Å². The summed E-state index contributed by atoms with van der Waals surface area (Å²) in [5.41, 5.74) is 1.26. The number of likely N-dealkylation sites (tertiary alicyclic amines) is 1. The summed E-state index contributed by atoms with van der Waals surface area (Å²) in [5, 5.41) is 1.52. The number of amides is 1. The Morgan fingerprint density at radius 3 is 3.12 bits per heavy atom. The summed E-state index contributed by atoms with van der Waals surface area (Å²) >= 11 is 0. The van der Waals surface area contributed by atoms with Crippen molar-refractivity contribution >= 4 is 5.91 Å². The van der Waals surface area contributed by atoms with Gasteiger partial charge in [0.15, 0.2) is 0 Å². The molecule has 1 aromatic rings. The molecule has 24 heavy (non-hydrogen) atoms. The highest BCUT2D eigenvalue weighted by molar-refractivity contribution is 5.75. The molecular weight excluding hydrogens is 306 g/mol. The van der Waals surface area contributed by atoms with Crippen LogP contribution in [0.2, 0.25) is 0 Å². The fourth-order valence-corrected chi connectivity index (χ4v) is 4.18. The van der Waals surface area contributed by atoms with Gasteiger partial charge in [-0.15, -0.1) is 0 Å². The molecule has 130 valence electrons. The highest BCUT2D eigenvalue weighted by Gasteiger charge is 2.42. The summed E-state index contributed by atoms with van der Waals surface area (Å²) in [6.07, 6.45) is 6.31. The summed E-state index contributed by atoms with van der Waals surface area (Å²) in [7, 11) is 0. The zero-order valence-corrected chi connectivity index (χ0v) is 14.0. The molecule has 3 aliphatic heterocycles. The third-order valence-electron chi connectivity index (χ3n) is 5.41. The Kier molecular flexibility index (Phi) is 4.78. The third kappa shape index (κ3) is 3.45. The second-order valence-electron chi connectivity index (χ2n) is 7.07. The van der Waals surface area contributed by atoms with Gasteiger partial charge in [-0.1, -0.05) is 6.07 Å².